The highest BCUT2D eigenvalue weighted by Crippen LogP contribution is 2.33. The third-order valence-electron chi connectivity index (χ3n) is 4.19. The van der Waals surface area contributed by atoms with Gasteiger partial charge in [0.1, 0.15) is 0 Å². The molecule has 0 saturated carbocycles. The number of rotatable bonds is 4. The molecule has 0 heterocycles. The van der Waals surface area contributed by atoms with E-state index in [-0.39, 0.29) is 17.3 Å². The largest absolute Gasteiger partial charge is 0.516 e. The van der Waals surface area contributed by atoms with Crippen LogP contribution < -0.4 is 10.0 Å². The van der Waals surface area contributed by atoms with E-state index in [0.29, 0.717) is 11.4 Å². The third kappa shape index (κ3) is 4.19. The maximum Gasteiger partial charge on any atom is 0.516 e. The Hall–Kier alpha value is -2.26. The second-order valence-corrected chi connectivity index (χ2v) is 8.15. The fraction of sp³-hybridized carbons (Fsp3) is 0.235. The average Bonchev–Trinajstić information content (AvgIpc) is 2.96. The fourth-order valence-corrected chi connectivity index (χ4v) is 3.64. The van der Waals surface area contributed by atoms with Gasteiger partial charge in [-0.3, -0.25) is 9.52 Å². The molecule has 0 spiro atoms. The van der Waals surface area contributed by atoms with Crippen molar-refractivity contribution in [3.8, 4) is 0 Å². The quantitative estimate of drug-likeness (QED) is 0.787. The Kier molecular flexibility index (Phi) is 5.09. The second kappa shape index (κ2) is 7.05. The maximum atomic E-state index is 12.4. The van der Waals surface area contributed by atoms with Gasteiger partial charge >= 0.3 is 15.5 Å². The van der Waals surface area contributed by atoms with Crippen LogP contribution in [0.1, 0.15) is 33.9 Å². The van der Waals surface area contributed by atoms with Crippen LogP contribution in [0.15, 0.2) is 42.5 Å². The number of amides is 1. The molecular formula is C17H14ClF3N2O3S. The predicted molar refractivity (Wildman–Crippen MR) is 95.0 cm³/mol. The van der Waals surface area contributed by atoms with Crippen molar-refractivity contribution in [2.75, 3.05) is 4.72 Å². The molecule has 2 aromatic carbocycles. The van der Waals surface area contributed by atoms with E-state index in [0.717, 1.165) is 29.7 Å². The number of nitrogens with one attached hydrogen (secondary N) is 2. The Labute approximate surface area is 158 Å². The first kappa shape index (κ1) is 19.5. The number of carbonyl (C=O) groups excluding carboxylic acids is 1. The Balaban J connectivity index is 1.69. The zero-order valence-electron chi connectivity index (χ0n) is 13.7. The van der Waals surface area contributed by atoms with Gasteiger partial charge in [-0.15, -0.1) is 0 Å². The number of fused-ring (bicyclic) bond motifs is 1. The monoisotopic (exact) mass is 418 g/mol. The van der Waals surface area contributed by atoms with Gasteiger partial charge in [0, 0.05) is 16.3 Å². The number of anilines is 1. The molecule has 0 fully saturated rings. The van der Waals surface area contributed by atoms with Crippen LogP contribution in [-0.4, -0.2) is 19.8 Å². The van der Waals surface area contributed by atoms with E-state index in [2.05, 4.69) is 5.32 Å². The lowest BCUT2D eigenvalue weighted by Gasteiger charge is -2.15. The maximum absolute atomic E-state index is 12.4. The molecule has 5 nitrogen and oxygen atoms in total. The normalized spacial score (nSPS) is 16.7. The van der Waals surface area contributed by atoms with Gasteiger partial charge in [0.25, 0.3) is 5.91 Å². The van der Waals surface area contributed by atoms with Crippen molar-refractivity contribution in [2.45, 2.75) is 24.4 Å². The number of carbonyl (C=O) groups is 1. The van der Waals surface area contributed by atoms with Crippen LogP contribution in [0.2, 0.25) is 5.02 Å². The molecule has 1 atom stereocenters. The summed E-state index contributed by atoms with van der Waals surface area (Å²) in [7, 11) is -5.50. The molecule has 3 rings (SSSR count). The van der Waals surface area contributed by atoms with Gasteiger partial charge in [-0.2, -0.15) is 21.6 Å². The van der Waals surface area contributed by atoms with E-state index in [1.54, 1.807) is 6.07 Å². The molecule has 1 aliphatic rings. The first-order valence-electron chi connectivity index (χ1n) is 7.85. The Bertz CT molecular complexity index is 976. The van der Waals surface area contributed by atoms with Crippen LogP contribution >= 0.6 is 11.6 Å². The van der Waals surface area contributed by atoms with Crippen LogP contribution in [0.5, 0.6) is 0 Å². The average molecular weight is 419 g/mol. The molecule has 2 aromatic rings. The van der Waals surface area contributed by atoms with Gasteiger partial charge in [-0.25, -0.2) is 0 Å². The zero-order valence-corrected chi connectivity index (χ0v) is 15.3. The Morgan fingerprint density at radius 3 is 2.41 bits per heavy atom. The molecule has 1 aliphatic carbocycles. The van der Waals surface area contributed by atoms with Crippen LogP contribution in [0.4, 0.5) is 18.9 Å². The third-order valence-corrected chi connectivity index (χ3v) is 5.54. The van der Waals surface area contributed by atoms with Crippen molar-refractivity contribution in [2.24, 2.45) is 0 Å². The van der Waals surface area contributed by atoms with Gasteiger partial charge in [0.2, 0.25) is 0 Å². The minimum Gasteiger partial charge on any atom is -0.345 e. The lowest BCUT2D eigenvalue weighted by Crippen LogP contribution is -2.30. The fourth-order valence-electron chi connectivity index (χ4n) is 2.88. The molecule has 0 unspecified atom stereocenters. The minimum absolute atomic E-state index is 0.187. The number of hydrogen-bond acceptors (Lipinski definition) is 3. The van der Waals surface area contributed by atoms with Crippen molar-refractivity contribution in [1.29, 1.82) is 0 Å². The van der Waals surface area contributed by atoms with Crippen LogP contribution in [0, 0.1) is 0 Å². The Morgan fingerprint density at radius 1 is 1.11 bits per heavy atom. The number of halogens is 4. The molecule has 0 saturated heterocycles. The number of sulfonamides is 1. The lowest BCUT2D eigenvalue weighted by atomic mass is 10.1. The molecule has 1 amide bonds. The standard InChI is InChI=1S/C17H14ClF3N2O3S/c18-12-4-7-14-11(9-12)3-8-15(14)22-16(24)10-1-5-13(6-2-10)23-27(25,26)17(19,20)21/h1-2,4-7,9,15,23H,3,8H2,(H,22,24)/t15-/m1/s1. The second-order valence-electron chi connectivity index (χ2n) is 6.04. The van der Waals surface area contributed by atoms with Gasteiger partial charge < -0.3 is 5.32 Å². The van der Waals surface area contributed by atoms with Crippen molar-refractivity contribution >= 4 is 33.2 Å². The van der Waals surface area contributed by atoms with Gasteiger partial charge in [0.05, 0.1) is 6.04 Å². The molecule has 2 N–H and O–H groups in total. The number of aryl methyl sites for hydroxylation is 1. The zero-order chi connectivity index (χ0) is 19.8. The van der Waals surface area contributed by atoms with Crippen molar-refractivity contribution < 1.29 is 26.4 Å². The number of hydrogen-bond donors (Lipinski definition) is 2. The summed E-state index contributed by atoms with van der Waals surface area (Å²) in [6, 6.07) is 9.96. The van der Waals surface area contributed by atoms with Crippen LogP contribution in [0.25, 0.3) is 0 Å². The van der Waals surface area contributed by atoms with Gasteiger partial charge in [0.15, 0.2) is 0 Å². The van der Waals surface area contributed by atoms with Crippen molar-refractivity contribution in [3.63, 3.8) is 0 Å². The highest BCUT2D eigenvalue weighted by molar-refractivity contribution is 7.93. The molecule has 27 heavy (non-hydrogen) atoms. The van der Waals surface area contributed by atoms with E-state index in [1.165, 1.54) is 16.9 Å². The summed E-state index contributed by atoms with van der Waals surface area (Å²) in [6.45, 7) is 0. The topological polar surface area (TPSA) is 75.3 Å². The first-order chi connectivity index (χ1) is 12.6. The summed E-state index contributed by atoms with van der Waals surface area (Å²) < 4.78 is 60.7. The van der Waals surface area contributed by atoms with E-state index >= 15 is 0 Å². The van der Waals surface area contributed by atoms with E-state index in [9.17, 15) is 26.4 Å². The van der Waals surface area contributed by atoms with E-state index in [4.69, 9.17) is 11.6 Å². The summed E-state index contributed by atoms with van der Waals surface area (Å²) >= 11 is 5.95. The van der Waals surface area contributed by atoms with Gasteiger partial charge in [-0.1, -0.05) is 17.7 Å². The molecule has 10 heteroatoms. The number of alkyl halides is 3. The molecule has 0 aromatic heterocycles. The summed E-state index contributed by atoms with van der Waals surface area (Å²) in [5.41, 5.74) is -3.47. The minimum atomic E-state index is -5.50. The molecular weight excluding hydrogens is 405 g/mol. The smallest absolute Gasteiger partial charge is 0.345 e. The predicted octanol–water partition coefficient (Wildman–Crippen LogP) is 4.02. The highest BCUT2D eigenvalue weighted by Gasteiger charge is 2.46. The van der Waals surface area contributed by atoms with Gasteiger partial charge in [-0.05, 0) is 60.4 Å². The molecule has 144 valence electrons. The summed E-state index contributed by atoms with van der Waals surface area (Å²) in [6.07, 6.45) is 1.49. The first-order valence-corrected chi connectivity index (χ1v) is 9.71. The molecule has 0 radical (unpaired) electrons. The SMILES string of the molecule is O=C(N[C@@H]1CCc2cc(Cl)ccc21)c1ccc(NS(=O)(=O)C(F)(F)F)cc1. The highest BCUT2D eigenvalue weighted by atomic mass is 35.5. The van der Waals surface area contributed by atoms with Crippen molar-refractivity contribution in [3.05, 3.63) is 64.2 Å². The lowest BCUT2D eigenvalue weighted by molar-refractivity contribution is -0.0429. The van der Waals surface area contributed by atoms with Crippen LogP contribution in [0.3, 0.4) is 0 Å². The summed E-state index contributed by atoms with van der Waals surface area (Å²) in [5.74, 6) is -0.409. The molecule has 0 aliphatic heterocycles. The Morgan fingerprint density at radius 2 is 1.78 bits per heavy atom. The van der Waals surface area contributed by atoms with Crippen LogP contribution in [-0.2, 0) is 16.4 Å². The summed E-state index contributed by atoms with van der Waals surface area (Å²) in [4.78, 5) is 12.4. The van der Waals surface area contributed by atoms with Crippen molar-refractivity contribution in [1.82, 2.24) is 5.32 Å². The number of benzene rings is 2. The van der Waals surface area contributed by atoms with E-state index in [1.807, 2.05) is 12.1 Å². The summed E-state index contributed by atoms with van der Waals surface area (Å²) in [5, 5.41) is 3.48. The van der Waals surface area contributed by atoms with E-state index < -0.39 is 21.4 Å². The molecule has 0 bridgehead atoms.